The fourth-order valence-corrected chi connectivity index (χ4v) is 3.22. The number of nitrogens with one attached hydrogen (secondary N) is 1. The van der Waals surface area contributed by atoms with Gasteiger partial charge in [0.05, 0.1) is 11.9 Å². The van der Waals surface area contributed by atoms with Gasteiger partial charge in [0, 0.05) is 24.2 Å². The van der Waals surface area contributed by atoms with Crippen LogP contribution in [0.2, 0.25) is 0 Å². The number of hydrogen-bond acceptors (Lipinski definition) is 4. The number of sulfonamides is 1. The van der Waals surface area contributed by atoms with Gasteiger partial charge in [-0.15, -0.1) is 0 Å². The van der Waals surface area contributed by atoms with Crippen molar-refractivity contribution in [3.8, 4) is 0 Å². The van der Waals surface area contributed by atoms with Crippen LogP contribution in [-0.4, -0.2) is 32.9 Å². The highest BCUT2D eigenvalue weighted by atomic mass is 32.2. The topological polar surface area (TPSA) is 83.6 Å². The number of nitrogens with zero attached hydrogens (tertiary/aromatic N) is 1. The van der Waals surface area contributed by atoms with Gasteiger partial charge in [-0.3, -0.25) is 13.9 Å². The minimum absolute atomic E-state index is 0.0103. The highest BCUT2D eigenvalue weighted by molar-refractivity contribution is 7.92. The summed E-state index contributed by atoms with van der Waals surface area (Å²) in [5.41, 5.74) is 1.57. The van der Waals surface area contributed by atoms with Gasteiger partial charge in [-0.2, -0.15) is 0 Å². The first-order chi connectivity index (χ1) is 11.8. The second-order valence-corrected chi connectivity index (χ2v) is 7.51. The number of carbonyl (C=O) groups excluding carboxylic acids is 2. The monoisotopic (exact) mass is 360 g/mol. The van der Waals surface area contributed by atoms with E-state index in [9.17, 15) is 18.0 Å². The lowest BCUT2D eigenvalue weighted by Crippen LogP contribution is -2.33. The van der Waals surface area contributed by atoms with E-state index in [0.29, 0.717) is 16.9 Å². The molecule has 7 heteroatoms. The molecule has 2 rings (SSSR count). The maximum absolute atomic E-state index is 12.0. The molecule has 2 aromatic rings. The minimum Gasteiger partial charge on any atom is -0.326 e. The predicted molar refractivity (Wildman–Crippen MR) is 98.3 cm³/mol. The van der Waals surface area contributed by atoms with Crippen LogP contribution in [-0.2, 0) is 14.8 Å². The van der Waals surface area contributed by atoms with Crippen LogP contribution < -0.4 is 9.62 Å². The minimum atomic E-state index is -3.55. The molecule has 132 valence electrons. The van der Waals surface area contributed by atoms with E-state index in [-0.39, 0.29) is 24.7 Å². The summed E-state index contributed by atoms with van der Waals surface area (Å²) in [5, 5.41) is 2.72. The highest BCUT2D eigenvalue weighted by Crippen LogP contribution is 2.19. The number of anilines is 2. The van der Waals surface area contributed by atoms with Crippen molar-refractivity contribution in [2.45, 2.75) is 13.3 Å². The van der Waals surface area contributed by atoms with E-state index < -0.39 is 10.0 Å². The molecule has 0 aliphatic heterocycles. The lowest BCUT2D eigenvalue weighted by atomic mass is 10.1. The Labute approximate surface area is 147 Å². The van der Waals surface area contributed by atoms with Gasteiger partial charge in [-0.05, 0) is 43.3 Å². The third kappa shape index (κ3) is 5.42. The summed E-state index contributed by atoms with van der Waals surface area (Å²) >= 11 is 0. The van der Waals surface area contributed by atoms with Gasteiger partial charge in [-0.1, -0.05) is 18.2 Å². The zero-order valence-electron chi connectivity index (χ0n) is 14.1. The Kier molecular flexibility index (Phi) is 5.93. The maximum Gasteiger partial charge on any atom is 0.232 e. The van der Waals surface area contributed by atoms with Crippen molar-refractivity contribution in [1.82, 2.24) is 0 Å². The number of amides is 1. The fraction of sp³-hybridized carbons (Fsp3) is 0.222. The maximum atomic E-state index is 12.0. The Morgan fingerprint density at radius 3 is 2.12 bits per heavy atom. The van der Waals surface area contributed by atoms with E-state index >= 15 is 0 Å². The molecule has 0 heterocycles. The number of hydrogen-bond donors (Lipinski definition) is 1. The van der Waals surface area contributed by atoms with Crippen LogP contribution in [0, 0.1) is 0 Å². The molecule has 0 fully saturated rings. The Morgan fingerprint density at radius 2 is 1.60 bits per heavy atom. The summed E-state index contributed by atoms with van der Waals surface area (Å²) in [6.07, 6.45) is 1.09. The number of ketones is 1. The van der Waals surface area contributed by atoms with Crippen LogP contribution in [0.15, 0.2) is 54.6 Å². The van der Waals surface area contributed by atoms with Crippen LogP contribution >= 0.6 is 0 Å². The largest absolute Gasteiger partial charge is 0.326 e. The molecule has 0 unspecified atom stereocenters. The Hall–Kier alpha value is -2.67. The first-order valence-corrected chi connectivity index (χ1v) is 9.56. The normalized spacial score (nSPS) is 11.0. The molecule has 25 heavy (non-hydrogen) atoms. The molecular formula is C18H20N2O4S. The van der Waals surface area contributed by atoms with E-state index in [1.165, 1.54) is 6.92 Å². The van der Waals surface area contributed by atoms with Crippen molar-refractivity contribution in [2.75, 3.05) is 22.4 Å². The first-order valence-electron chi connectivity index (χ1n) is 7.71. The summed E-state index contributed by atoms with van der Waals surface area (Å²) in [7, 11) is -3.55. The molecule has 0 aromatic heterocycles. The highest BCUT2D eigenvalue weighted by Gasteiger charge is 2.19. The van der Waals surface area contributed by atoms with Crippen LogP contribution in [0.25, 0.3) is 0 Å². The number of para-hydroxylation sites is 1. The lowest BCUT2D eigenvalue weighted by molar-refractivity contribution is -0.116. The molecule has 0 saturated heterocycles. The number of carbonyl (C=O) groups is 2. The summed E-state index contributed by atoms with van der Waals surface area (Å²) in [4.78, 5) is 23.4. The predicted octanol–water partition coefficient (Wildman–Crippen LogP) is 2.68. The second kappa shape index (κ2) is 7.94. The zero-order valence-corrected chi connectivity index (χ0v) is 14.9. The van der Waals surface area contributed by atoms with Crippen molar-refractivity contribution in [1.29, 1.82) is 0 Å². The van der Waals surface area contributed by atoms with Crippen LogP contribution in [0.5, 0.6) is 0 Å². The summed E-state index contributed by atoms with van der Waals surface area (Å²) in [6, 6.07) is 15.2. The van der Waals surface area contributed by atoms with Crippen LogP contribution in [0.4, 0.5) is 11.4 Å². The van der Waals surface area contributed by atoms with Gasteiger partial charge in [-0.25, -0.2) is 8.42 Å². The summed E-state index contributed by atoms with van der Waals surface area (Å²) in [5.74, 6) is -0.375. The number of benzene rings is 2. The lowest BCUT2D eigenvalue weighted by Gasteiger charge is -2.22. The summed E-state index contributed by atoms with van der Waals surface area (Å²) < 4.78 is 25.3. The van der Waals surface area contributed by atoms with E-state index in [1.54, 1.807) is 48.5 Å². The van der Waals surface area contributed by atoms with E-state index in [1.807, 2.05) is 6.07 Å². The molecule has 1 amide bonds. The van der Waals surface area contributed by atoms with Gasteiger partial charge in [0.15, 0.2) is 5.78 Å². The van der Waals surface area contributed by atoms with E-state index in [4.69, 9.17) is 0 Å². The van der Waals surface area contributed by atoms with Crippen molar-refractivity contribution in [2.24, 2.45) is 0 Å². The van der Waals surface area contributed by atoms with Crippen molar-refractivity contribution in [3.63, 3.8) is 0 Å². The Balaban J connectivity index is 2.08. The van der Waals surface area contributed by atoms with Crippen LogP contribution in [0.3, 0.4) is 0 Å². The van der Waals surface area contributed by atoms with Crippen molar-refractivity contribution < 1.29 is 18.0 Å². The summed E-state index contributed by atoms with van der Waals surface area (Å²) in [6.45, 7) is 1.45. The molecule has 0 spiro atoms. The smallest absolute Gasteiger partial charge is 0.232 e. The zero-order chi connectivity index (χ0) is 18.4. The average molecular weight is 360 g/mol. The molecule has 0 saturated carbocycles. The molecule has 1 N–H and O–H groups in total. The molecular weight excluding hydrogens is 340 g/mol. The van der Waals surface area contributed by atoms with E-state index in [0.717, 1.165) is 10.6 Å². The van der Waals surface area contributed by atoms with Gasteiger partial charge >= 0.3 is 0 Å². The van der Waals surface area contributed by atoms with Gasteiger partial charge in [0.2, 0.25) is 15.9 Å². The third-order valence-electron chi connectivity index (χ3n) is 3.56. The Morgan fingerprint density at radius 1 is 1.00 bits per heavy atom. The SMILES string of the molecule is CC(=O)c1ccc(N(CCC(=O)Nc2ccccc2)S(C)(=O)=O)cc1. The first kappa shape index (κ1) is 18.7. The molecule has 0 radical (unpaired) electrons. The van der Waals surface area contributed by atoms with E-state index in [2.05, 4.69) is 5.32 Å². The molecule has 0 aliphatic rings. The van der Waals surface area contributed by atoms with Gasteiger partial charge in [0.25, 0.3) is 0 Å². The van der Waals surface area contributed by atoms with Crippen LogP contribution in [0.1, 0.15) is 23.7 Å². The fourth-order valence-electron chi connectivity index (χ4n) is 2.30. The second-order valence-electron chi connectivity index (χ2n) is 5.60. The molecule has 0 atom stereocenters. The van der Waals surface area contributed by atoms with Crippen molar-refractivity contribution >= 4 is 33.1 Å². The third-order valence-corrected chi connectivity index (χ3v) is 4.76. The quantitative estimate of drug-likeness (QED) is 0.770. The molecule has 0 aliphatic carbocycles. The molecule has 0 bridgehead atoms. The molecule has 6 nitrogen and oxygen atoms in total. The van der Waals surface area contributed by atoms with Gasteiger partial charge < -0.3 is 5.32 Å². The number of Topliss-reactive ketones (excluding diaryl/α,β-unsaturated/α-hetero) is 1. The average Bonchev–Trinajstić information content (AvgIpc) is 2.55. The Bertz CT molecular complexity index is 846. The van der Waals surface area contributed by atoms with Crippen molar-refractivity contribution in [3.05, 3.63) is 60.2 Å². The molecule has 2 aromatic carbocycles. The standard InChI is InChI=1S/C18H20N2O4S/c1-14(21)15-8-10-17(11-9-15)20(25(2,23)24)13-12-18(22)19-16-6-4-3-5-7-16/h3-11H,12-13H2,1-2H3,(H,19,22). The van der Waals surface area contributed by atoms with Gasteiger partial charge in [0.1, 0.15) is 0 Å². The number of rotatable bonds is 7.